The highest BCUT2D eigenvalue weighted by Gasteiger charge is 2.22. The van der Waals surface area contributed by atoms with Crippen molar-refractivity contribution in [2.45, 2.75) is 40.0 Å². The Morgan fingerprint density at radius 2 is 1.60 bits per heavy atom. The van der Waals surface area contributed by atoms with Crippen LogP contribution in [0.2, 0.25) is 10.0 Å². The van der Waals surface area contributed by atoms with Gasteiger partial charge in [0.25, 0.3) is 5.91 Å². The molecule has 0 radical (unpaired) electrons. The lowest BCUT2D eigenvalue weighted by Gasteiger charge is -2.23. The number of hydrogen-bond donors (Lipinski definition) is 2. The van der Waals surface area contributed by atoms with Crippen LogP contribution in [-0.4, -0.2) is 41.9 Å². The lowest BCUT2D eigenvalue weighted by molar-refractivity contribution is 0.0813. The highest BCUT2D eigenvalue weighted by molar-refractivity contribution is 6.35. The van der Waals surface area contributed by atoms with Gasteiger partial charge in [0.1, 0.15) is 0 Å². The van der Waals surface area contributed by atoms with E-state index in [4.69, 9.17) is 28.9 Å². The molecule has 0 fully saturated rings. The number of hydrogen-bond acceptors (Lipinski definition) is 4. The molecule has 1 unspecified atom stereocenters. The van der Waals surface area contributed by atoms with Crippen molar-refractivity contribution < 1.29 is 10.0 Å². The molecule has 0 bridgehead atoms. The summed E-state index contributed by atoms with van der Waals surface area (Å²) in [5, 5.41) is 13.8. The zero-order valence-electron chi connectivity index (χ0n) is 18.4. The van der Waals surface area contributed by atoms with Gasteiger partial charge in [0.2, 0.25) is 0 Å². The van der Waals surface area contributed by atoms with Gasteiger partial charge >= 0.3 is 0 Å². The Labute approximate surface area is 190 Å². The minimum Gasteiger partial charge on any atom is -0.411 e. The van der Waals surface area contributed by atoms with Gasteiger partial charge in [0.05, 0.1) is 12.3 Å². The Hall–Kier alpha value is -2.08. The summed E-state index contributed by atoms with van der Waals surface area (Å²) in [6, 6.07) is 14.3. The van der Waals surface area contributed by atoms with Crippen LogP contribution in [0.1, 0.15) is 56.0 Å². The third-order valence-electron chi connectivity index (χ3n) is 4.04. The molecule has 2 aromatic carbocycles. The van der Waals surface area contributed by atoms with E-state index in [0.29, 0.717) is 34.3 Å². The molecule has 7 heteroatoms. The monoisotopic (exact) mass is 453 g/mol. The van der Waals surface area contributed by atoms with Crippen LogP contribution in [0.5, 0.6) is 0 Å². The van der Waals surface area contributed by atoms with Crippen LogP contribution in [0.3, 0.4) is 0 Å². The van der Waals surface area contributed by atoms with Crippen molar-refractivity contribution >= 4 is 34.8 Å². The largest absolute Gasteiger partial charge is 0.411 e. The number of benzene rings is 2. The summed E-state index contributed by atoms with van der Waals surface area (Å²) in [5.74, 6) is -0.445. The van der Waals surface area contributed by atoms with Crippen molar-refractivity contribution in [2.75, 3.05) is 20.1 Å². The first-order chi connectivity index (χ1) is 14.5. The lowest BCUT2D eigenvalue weighted by atomic mass is 9.90. The fourth-order valence-corrected chi connectivity index (χ4v) is 3.33. The third-order valence-corrected chi connectivity index (χ3v) is 4.48. The van der Waals surface area contributed by atoms with Crippen molar-refractivity contribution in [3.05, 3.63) is 69.7 Å². The fraction of sp³-hybridized carbons (Fsp3) is 0.391. The Morgan fingerprint density at radius 3 is 2.07 bits per heavy atom. The molecule has 0 saturated heterocycles. The standard InChI is InChI=1S/C19H21Cl2N3O2.2C2H6/c1-24(19(25)14-9-15(20)11-16(21)10-14)12-18(23-26)17(7-8-22)13-5-3-2-4-6-13;2*1-2/h2-6,9-11,17,26H,7-8,12,22H2,1H3;2*1-2H3/b23-18+;;. The number of rotatable bonds is 7. The second-order valence-corrected chi connectivity index (χ2v) is 6.82. The van der Waals surface area contributed by atoms with Gasteiger partial charge in [-0.25, -0.2) is 0 Å². The predicted molar refractivity (Wildman–Crippen MR) is 128 cm³/mol. The first-order valence-corrected chi connectivity index (χ1v) is 10.9. The number of nitrogens with zero attached hydrogens (tertiary/aromatic N) is 2. The molecule has 0 spiro atoms. The minimum absolute atomic E-state index is 0.152. The maximum Gasteiger partial charge on any atom is 0.254 e. The highest BCUT2D eigenvalue weighted by atomic mass is 35.5. The SMILES string of the molecule is CC.CC.CN(C/C(=N\O)C(CCN)c1ccccc1)C(=O)c1cc(Cl)cc(Cl)c1. The van der Waals surface area contributed by atoms with Crippen LogP contribution in [-0.2, 0) is 0 Å². The number of carbonyl (C=O) groups excluding carboxylic acids is 1. The normalized spacial score (nSPS) is 11.4. The summed E-state index contributed by atoms with van der Waals surface area (Å²) in [6.07, 6.45) is 0.606. The minimum atomic E-state index is -0.268. The van der Waals surface area contributed by atoms with Crippen LogP contribution in [0.25, 0.3) is 0 Å². The van der Waals surface area contributed by atoms with E-state index in [2.05, 4.69) is 5.16 Å². The molecule has 0 aliphatic heterocycles. The Morgan fingerprint density at radius 1 is 1.07 bits per heavy atom. The maximum absolute atomic E-state index is 12.7. The van der Waals surface area contributed by atoms with E-state index in [-0.39, 0.29) is 18.4 Å². The van der Waals surface area contributed by atoms with E-state index in [9.17, 15) is 10.0 Å². The molecule has 2 rings (SSSR count). The summed E-state index contributed by atoms with van der Waals surface area (Å²) in [5.41, 5.74) is 7.55. The molecule has 0 aromatic heterocycles. The maximum atomic E-state index is 12.7. The van der Waals surface area contributed by atoms with Crippen LogP contribution in [0.15, 0.2) is 53.7 Å². The highest BCUT2D eigenvalue weighted by Crippen LogP contribution is 2.23. The molecule has 2 aromatic rings. The van der Waals surface area contributed by atoms with Gasteiger partial charge in [0.15, 0.2) is 0 Å². The molecule has 30 heavy (non-hydrogen) atoms. The van der Waals surface area contributed by atoms with Gasteiger partial charge in [-0.2, -0.15) is 0 Å². The Bertz CT molecular complexity index is 763. The summed E-state index contributed by atoms with van der Waals surface area (Å²) in [6.45, 7) is 8.58. The van der Waals surface area contributed by atoms with Gasteiger partial charge in [-0.15, -0.1) is 0 Å². The molecule has 1 atom stereocenters. The van der Waals surface area contributed by atoms with E-state index < -0.39 is 0 Å². The zero-order chi connectivity index (χ0) is 23.1. The number of oxime groups is 1. The quantitative estimate of drug-likeness (QED) is 0.302. The molecular weight excluding hydrogens is 421 g/mol. The summed E-state index contributed by atoms with van der Waals surface area (Å²) >= 11 is 11.9. The summed E-state index contributed by atoms with van der Waals surface area (Å²) < 4.78 is 0. The lowest BCUT2D eigenvalue weighted by Crippen LogP contribution is -2.35. The third kappa shape index (κ3) is 8.74. The molecule has 0 saturated carbocycles. The number of halogens is 2. The summed E-state index contributed by atoms with van der Waals surface area (Å²) in [4.78, 5) is 14.1. The van der Waals surface area contributed by atoms with Gasteiger partial charge in [0, 0.05) is 28.6 Å². The molecule has 166 valence electrons. The van der Waals surface area contributed by atoms with Gasteiger partial charge < -0.3 is 15.8 Å². The first-order valence-electron chi connectivity index (χ1n) is 10.1. The summed E-state index contributed by atoms with van der Waals surface area (Å²) in [7, 11) is 1.63. The molecule has 0 aliphatic rings. The number of carbonyl (C=O) groups is 1. The predicted octanol–water partition coefficient (Wildman–Crippen LogP) is 6.08. The van der Waals surface area contributed by atoms with E-state index >= 15 is 0 Å². The van der Waals surface area contributed by atoms with Crippen LogP contribution >= 0.6 is 23.2 Å². The van der Waals surface area contributed by atoms with E-state index in [0.717, 1.165) is 5.56 Å². The second-order valence-electron chi connectivity index (χ2n) is 5.95. The second kappa shape index (κ2) is 15.7. The topological polar surface area (TPSA) is 78.9 Å². The van der Waals surface area contributed by atoms with Crippen molar-refractivity contribution in [3.63, 3.8) is 0 Å². The van der Waals surface area contributed by atoms with Gasteiger partial charge in [-0.05, 0) is 36.7 Å². The molecule has 0 aliphatic carbocycles. The van der Waals surface area contributed by atoms with E-state index in [1.165, 1.54) is 4.90 Å². The molecular formula is C23H33Cl2N3O2. The van der Waals surface area contributed by atoms with E-state index in [1.54, 1.807) is 25.2 Å². The average Bonchev–Trinajstić information content (AvgIpc) is 2.78. The van der Waals surface area contributed by atoms with E-state index in [1.807, 2.05) is 58.0 Å². The van der Waals surface area contributed by atoms with Gasteiger partial charge in [-0.3, -0.25) is 4.79 Å². The molecule has 0 heterocycles. The Balaban J connectivity index is 0.00000198. The van der Waals surface area contributed by atoms with Crippen molar-refractivity contribution in [1.29, 1.82) is 0 Å². The van der Waals surface area contributed by atoms with Crippen LogP contribution in [0.4, 0.5) is 0 Å². The van der Waals surface area contributed by atoms with Gasteiger partial charge in [-0.1, -0.05) is 86.4 Å². The molecule has 3 N–H and O–H groups in total. The van der Waals surface area contributed by atoms with Crippen molar-refractivity contribution in [3.8, 4) is 0 Å². The number of nitrogens with two attached hydrogens (primary N) is 1. The molecule has 5 nitrogen and oxygen atoms in total. The van der Waals surface area contributed by atoms with Crippen LogP contribution in [0, 0.1) is 0 Å². The zero-order valence-corrected chi connectivity index (χ0v) is 19.9. The number of amides is 1. The van der Waals surface area contributed by atoms with Crippen molar-refractivity contribution in [1.82, 2.24) is 4.90 Å². The Kier molecular flexibility index (Phi) is 14.6. The fourth-order valence-electron chi connectivity index (χ4n) is 2.80. The first kappa shape index (κ1) is 27.9. The average molecular weight is 454 g/mol. The smallest absolute Gasteiger partial charge is 0.254 e. The molecule has 1 amide bonds. The van der Waals surface area contributed by atoms with Crippen LogP contribution < -0.4 is 5.73 Å². The van der Waals surface area contributed by atoms with Crippen molar-refractivity contribution in [2.24, 2.45) is 10.9 Å².